The quantitative estimate of drug-likeness (QED) is 0.783. The van der Waals surface area contributed by atoms with Crippen LogP contribution in [0.15, 0.2) is 48.5 Å². The van der Waals surface area contributed by atoms with Crippen LogP contribution in [0.1, 0.15) is 38.2 Å². The summed E-state index contributed by atoms with van der Waals surface area (Å²) in [6.45, 7) is 2.14. The molecule has 0 bridgehead atoms. The maximum atomic E-state index is 9.93. The van der Waals surface area contributed by atoms with Crippen LogP contribution < -0.4 is 0 Å². The Morgan fingerprint density at radius 2 is 1.67 bits per heavy atom. The monoisotopic (exact) mass is 284 g/mol. The number of hydrogen-bond donors (Lipinski definition) is 2. The van der Waals surface area contributed by atoms with Gasteiger partial charge < -0.3 is 10.2 Å². The molecule has 0 radical (unpaired) electrons. The number of rotatable bonds is 7. The number of aryl methyl sites for hydroxylation is 1. The van der Waals surface area contributed by atoms with E-state index in [0.29, 0.717) is 0 Å². The summed E-state index contributed by atoms with van der Waals surface area (Å²) in [5.74, 6) is 0.285. The highest BCUT2D eigenvalue weighted by molar-refractivity contribution is 5.65. The van der Waals surface area contributed by atoms with Crippen molar-refractivity contribution in [3.63, 3.8) is 0 Å². The molecule has 2 aromatic rings. The summed E-state index contributed by atoms with van der Waals surface area (Å²) in [6, 6.07) is 15.6. The van der Waals surface area contributed by atoms with E-state index in [0.717, 1.165) is 43.2 Å². The van der Waals surface area contributed by atoms with Crippen molar-refractivity contribution in [3.8, 4) is 16.9 Å². The average Bonchev–Trinajstić information content (AvgIpc) is 2.51. The lowest BCUT2D eigenvalue weighted by Gasteiger charge is -2.10. The van der Waals surface area contributed by atoms with Crippen molar-refractivity contribution in [2.75, 3.05) is 0 Å². The Bertz CT molecular complexity index is 563. The zero-order valence-corrected chi connectivity index (χ0v) is 12.6. The molecule has 21 heavy (non-hydrogen) atoms. The smallest absolute Gasteiger partial charge is 0.116 e. The summed E-state index contributed by atoms with van der Waals surface area (Å²) >= 11 is 0. The van der Waals surface area contributed by atoms with Crippen molar-refractivity contribution in [3.05, 3.63) is 54.1 Å². The summed E-state index contributed by atoms with van der Waals surface area (Å²) in [6.07, 6.45) is 4.60. The molecular formula is C19H24O2. The fourth-order valence-electron chi connectivity index (χ4n) is 2.51. The summed E-state index contributed by atoms with van der Waals surface area (Å²) in [5.41, 5.74) is 3.35. The fraction of sp³-hybridized carbons (Fsp3) is 0.368. The van der Waals surface area contributed by atoms with Gasteiger partial charge in [0.2, 0.25) is 0 Å². The minimum Gasteiger partial charge on any atom is -0.508 e. The minimum atomic E-state index is -0.200. The maximum Gasteiger partial charge on any atom is 0.116 e. The number of unbranched alkanes of at least 4 members (excludes halogenated alkanes) is 1. The zero-order chi connectivity index (χ0) is 15.1. The molecule has 0 amide bonds. The van der Waals surface area contributed by atoms with Crippen molar-refractivity contribution in [1.29, 1.82) is 0 Å². The van der Waals surface area contributed by atoms with Crippen LogP contribution in [0.3, 0.4) is 0 Å². The van der Waals surface area contributed by atoms with Crippen LogP contribution >= 0.6 is 0 Å². The number of phenolic OH excluding ortho intramolecular Hbond substituents is 1. The van der Waals surface area contributed by atoms with Crippen LogP contribution in [-0.2, 0) is 6.42 Å². The third-order valence-corrected chi connectivity index (χ3v) is 3.76. The first-order valence-electron chi connectivity index (χ1n) is 7.75. The van der Waals surface area contributed by atoms with Crippen LogP contribution in [0.5, 0.6) is 5.75 Å². The van der Waals surface area contributed by atoms with Gasteiger partial charge in [0.25, 0.3) is 0 Å². The Morgan fingerprint density at radius 1 is 0.952 bits per heavy atom. The van der Waals surface area contributed by atoms with Gasteiger partial charge in [0.05, 0.1) is 6.10 Å². The van der Waals surface area contributed by atoms with Crippen LogP contribution in [0.2, 0.25) is 0 Å². The summed E-state index contributed by atoms with van der Waals surface area (Å²) in [7, 11) is 0. The van der Waals surface area contributed by atoms with E-state index in [-0.39, 0.29) is 11.9 Å². The molecule has 1 atom stereocenters. The van der Waals surface area contributed by atoms with E-state index in [9.17, 15) is 10.2 Å². The SMILES string of the molecule is CCCCC(O)CCc1cccc(-c2cccc(O)c2)c1. The van der Waals surface area contributed by atoms with Gasteiger partial charge in [-0.3, -0.25) is 0 Å². The van der Waals surface area contributed by atoms with Crippen molar-refractivity contribution < 1.29 is 10.2 Å². The molecule has 0 saturated carbocycles. The van der Waals surface area contributed by atoms with E-state index < -0.39 is 0 Å². The Labute approximate surface area is 127 Å². The molecule has 0 aromatic heterocycles. The highest BCUT2D eigenvalue weighted by atomic mass is 16.3. The van der Waals surface area contributed by atoms with Gasteiger partial charge in [-0.15, -0.1) is 0 Å². The topological polar surface area (TPSA) is 40.5 Å². The molecule has 0 aliphatic rings. The summed E-state index contributed by atoms with van der Waals surface area (Å²) in [4.78, 5) is 0. The van der Waals surface area contributed by atoms with Gasteiger partial charge in [0.15, 0.2) is 0 Å². The second-order valence-corrected chi connectivity index (χ2v) is 5.59. The number of aliphatic hydroxyl groups excluding tert-OH is 1. The second-order valence-electron chi connectivity index (χ2n) is 5.59. The molecule has 112 valence electrons. The normalized spacial score (nSPS) is 12.3. The lowest BCUT2D eigenvalue weighted by atomic mass is 9.99. The van der Waals surface area contributed by atoms with Crippen LogP contribution in [0.25, 0.3) is 11.1 Å². The maximum absolute atomic E-state index is 9.93. The van der Waals surface area contributed by atoms with E-state index in [4.69, 9.17) is 0 Å². The lowest BCUT2D eigenvalue weighted by Crippen LogP contribution is -2.07. The van der Waals surface area contributed by atoms with Crippen LogP contribution in [0.4, 0.5) is 0 Å². The van der Waals surface area contributed by atoms with E-state index >= 15 is 0 Å². The highest BCUT2D eigenvalue weighted by Gasteiger charge is 2.05. The van der Waals surface area contributed by atoms with Gasteiger partial charge in [-0.05, 0) is 48.1 Å². The third kappa shape index (κ3) is 4.91. The largest absolute Gasteiger partial charge is 0.508 e. The lowest BCUT2D eigenvalue weighted by molar-refractivity contribution is 0.152. The number of benzene rings is 2. The van der Waals surface area contributed by atoms with Gasteiger partial charge in [0.1, 0.15) is 5.75 Å². The third-order valence-electron chi connectivity index (χ3n) is 3.76. The van der Waals surface area contributed by atoms with Crippen LogP contribution in [0, 0.1) is 0 Å². The molecule has 0 fully saturated rings. The summed E-state index contributed by atoms with van der Waals surface area (Å²) in [5, 5.41) is 19.5. The minimum absolute atomic E-state index is 0.200. The highest BCUT2D eigenvalue weighted by Crippen LogP contribution is 2.24. The average molecular weight is 284 g/mol. The van der Waals surface area contributed by atoms with Crippen molar-refractivity contribution in [1.82, 2.24) is 0 Å². The van der Waals surface area contributed by atoms with E-state index in [2.05, 4.69) is 19.1 Å². The molecule has 0 spiro atoms. The van der Waals surface area contributed by atoms with Crippen molar-refractivity contribution >= 4 is 0 Å². The molecule has 0 heterocycles. The standard InChI is InChI=1S/C19H24O2/c1-2-3-9-18(20)12-11-15-6-4-7-16(13-15)17-8-5-10-19(21)14-17/h4-8,10,13-14,18,20-21H,2-3,9,11-12H2,1H3. The molecule has 2 N–H and O–H groups in total. The second kappa shape index (κ2) is 7.84. The predicted octanol–water partition coefficient (Wildman–Crippen LogP) is 4.54. The molecular weight excluding hydrogens is 260 g/mol. The van der Waals surface area contributed by atoms with Crippen molar-refractivity contribution in [2.24, 2.45) is 0 Å². The first-order chi connectivity index (χ1) is 10.2. The first kappa shape index (κ1) is 15.6. The van der Waals surface area contributed by atoms with Gasteiger partial charge in [-0.25, -0.2) is 0 Å². The predicted molar refractivity (Wildman–Crippen MR) is 87.4 cm³/mol. The molecule has 0 aliphatic heterocycles. The first-order valence-corrected chi connectivity index (χ1v) is 7.75. The van der Waals surface area contributed by atoms with E-state index in [1.54, 1.807) is 12.1 Å². The Kier molecular flexibility index (Phi) is 5.82. The molecule has 0 saturated heterocycles. The molecule has 2 nitrogen and oxygen atoms in total. The number of phenols is 1. The number of hydrogen-bond acceptors (Lipinski definition) is 2. The Morgan fingerprint density at radius 3 is 2.38 bits per heavy atom. The molecule has 1 unspecified atom stereocenters. The molecule has 0 aliphatic carbocycles. The van der Waals surface area contributed by atoms with E-state index in [1.807, 2.05) is 24.3 Å². The fourth-order valence-corrected chi connectivity index (χ4v) is 2.51. The van der Waals surface area contributed by atoms with Crippen molar-refractivity contribution in [2.45, 2.75) is 45.1 Å². The van der Waals surface area contributed by atoms with E-state index in [1.165, 1.54) is 5.56 Å². The number of aromatic hydroxyl groups is 1. The molecule has 2 heteroatoms. The van der Waals surface area contributed by atoms with Gasteiger partial charge >= 0.3 is 0 Å². The Hall–Kier alpha value is -1.80. The molecule has 2 rings (SSSR count). The van der Waals surface area contributed by atoms with Gasteiger partial charge in [-0.1, -0.05) is 56.2 Å². The van der Waals surface area contributed by atoms with Gasteiger partial charge in [0, 0.05) is 0 Å². The number of aliphatic hydroxyl groups is 1. The zero-order valence-electron chi connectivity index (χ0n) is 12.6. The molecule has 2 aromatic carbocycles. The van der Waals surface area contributed by atoms with Gasteiger partial charge in [-0.2, -0.15) is 0 Å². The Balaban J connectivity index is 2.01. The summed E-state index contributed by atoms with van der Waals surface area (Å²) < 4.78 is 0. The van der Waals surface area contributed by atoms with Crippen LogP contribution in [-0.4, -0.2) is 16.3 Å².